The Hall–Kier alpha value is -3.43. The normalized spacial score (nSPS) is 18.2. The van der Waals surface area contributed by atoms with Gasteiger partial charge in [0.2, 0.25) is 21.8 Å². The predicted molar refractivity (Wildman–Crippen MR) is 149 cm³/mol. The average Bonchev–Trinajstić information content (AvgIpc) is 2.86. The van der Waals surface area contributed by atoms with Crippen LogP contribution < -0.4 is 27.2 Å². The highest BCUT2D eigenvalue weighted by molar-refractivity contribution is 7.88. The monoisotopic (exact) mass is 567 g/mol. The summed E-state index contributed by atoms with van der Waals surface area (Å²) in [5, 5.41) is 10.7. The van der Waals surface area contributed by atoms with Gasteiger partial charge in [-0.25, -0.2) is 13.1 Å². The van der Waals surface area contributed by atoms with Crippen molar-refractivity contribution in [3.05, 3.63) is 35.9 Å². The van der Waals surface area contributed by atoms with Crippen LogP contribution in [0, 0.1) is 5.41 Å². The molecule has 2 rings (SSSR count). The fourth-order valence-corrected chi connectivity index (χ4v) is 5.71. The van der Waals surface area contributed by atoms with Crippen molar-refractivity contribution in [2.45, 2.75) is 56.7 Å². The summed E-state index contributed by atoms with van der Waals surface area (Å²) in [6.45, 7) is 2.62. The summed E-state index contributed by atoms with van der Waals surface area (Å²) in [6.07, 6.45) is 1.17. The zero-order valence-corrected chi connectivity index (χ0v) is 23.3. The Morgan fingerprint density at radius 1 is 1.26 bits per heavy atom. The van der Waals surface area contributed by atoms with Crippen molar-refractivity contribution in [3.8, 4) is 0 Å². The topological polar surface area (TPSA) is 222 Å². The fourth-order valence-electron chi connectivity index (χ4n) is 4.35. The zero-order valence-electron chi connectivity index (χ0n) is 22.5. The minimum Gasteiger partial charge on any atom is -0.370 e. The van der Waals surface area contributed by atoms with Gasteiger partial charge in [-0.05, 0) is 38.2 Å². The van der Waals surface area contributed by atoms with Crippen molar-refractivity contribution in [3.63, 3.8) is 0 Å². The molecule has 39 heavy (non-hydrogen) atoms. The van der Waals surface area contributed by atoms with E-state index in [4.69, 9.17) is 27.3 Å². The summed E-state index contributed by atoms with van der Waals surface area (Å²) in [6, 6.07) is 7.04. The molecule has 1 aliphatic heterocycles. The van der Waals surface area contributed by atoms with Crippen LogP contribution in [0.25, 0.3) is 0 Å². The standard InChI is InChI=1S/C24H41N9O5S/c1-3-38-22-19(12-8-14-33(22)24(27)28)30-20(34)15-32(2)21(35)18(11-7-13-29-23(25)26)31-39(36,37)16-17-9-5-4-6-10-17/h4-6,9-10,18-19,22,31H,3,7-8,11-16H2,1-2H3,(H3,27,28)(H,30,34)(H4,25,26,29). The van der Waals surface area contributed by atoms with Crippen molar-refractivity contribution in [2.75, 3.05) is 33.3 Å². The highest BCUT2D eigenvalue weighted by atomic mass is 32.2. The number of carbonyl (C=O) groups excluding carboxylic acids is 2. The van der Waals surface area contributed by atoms with E-state index in [2.05, 4.69) is 15.0 Å². The quantitative estimate of drug-likeness (QED) is 0.0903. The van der Waals surface area contributed by atoms with Crippen LogP contribution in [-0.2, 0) is 30.1 Å². The number of hydrogen-bond acceptors (Lipinski definition) is 7. The van der Waals surface area contributed by atoms with Gasteiger partial charge in [0.25, 0.3) is 0 Å². The van der Waals surface area contributed by atoms with E-state index in [1.54, 1.807) is 35.2 Å². The van der Waals surface area contributed by atoms with Crippen LogP contribution in [0.2, 0.25) is 0 Å². The van der Waals surface area contributed by atoms with Gasteiger partial charge in [0.05, 0.1) is 18.3 Å². The van der Waals surface area contributed by atoms with E-state index in [9.17, 15) is 18.0 Å². The third-order valence-corrected chi connectivity index (χ3v) is 7.44. The number of guanidine groups is 2. The van der Waals surface area contributed by atoms with Gasteiger partial charge in [-0.15, -0.1) is 0 Å². The Morgan fingerprint density at radius 2 is 1.95 bits per heavy atom. The van der Waals surface area contributed by atoms with Gasteiger partial charge in [-0.2, -0.15) is 0 Å². The first-order chi connectivity index (χ1) is 18.4. The molecule has 0 aliphatic carbocycles. The minimum atomic E-state index is -3.88. The average molecular weight is 568 g/mol. The minimum absolute atomic E-state index is 0.104. The second-order valence-corrected chi connectivity index (χ2v) is 11.1. The van der Waals surface area contributed by atoms with Crippen LogP contribution in [0.1, 0.15) is 38.2 Å². The molecule has 218 valence electrons. The number of aliphatic imine (C=N–C) groups is 1. The molecule has 1 saturated heterocycles. The molecular weight excluding hydrogens is 526 g/mol. The Kier molecular flexibility index (Phi) is 12.4. The van der Waals surface area contributed by atoms with Crippen LogP contribution >= 0.6 is 0 Å². The lowest BCUT2D eigenvalue weighted by atomic mass is 10.0. The highest BCUT2D eigenvalue weighted by Gasteiger charge is 2.34. The summed E-state index contributed by atoms with van der Waals surface area (Å²) in [5.41, 5.74) is 17.0. The molecule has 0 radical (unpaired) electrons. The number of benzene rings is 1. The molecule has 1 aromatic carbocycles. The molecule has 0 bridgehead atoms. The summed E-state index contributed by atoms with van der Waals surface area (Å²) >= 11 is 0. The van der Waals surface area contributed by atoms with E-state index in [1.807, 2.05) is 6.92 Å². The third kappa shape index (κ3) is 10.7. The lowest BCUT2D eigenvalue weighted by Gasteiger charge is -2.41. The van der Waals surface area contributed by atoms with E-state index in [0.717, 1.165) is 0 Å². The number of hydrogen-bond donors (Lipinski definition) is 6. The number of sulfonamides is 1. The Morgan fingerprint density at radius 3 is 2.56 bits per heavy atom. The molecule has 1 fully saturated rings. The SMILES string of the molecule is CCOC1C(NC(=O)CN(C)C(=O)C(CCCN=C(N)N)NS(=O)(=O)Cc2ccccc2)CCCN1C(=N)N. The van der Waals surface area contributed by atoms with E-state index >= 15 is 0 Å². The van der Waals surface area contributed by atoms with Crippen molar-refractivity contribution in [1.29, 1.82) is 5.41 Å². The van der Waals surface area contributed by atoms with E-state index in [0.29, 0.717) is 38.0 Å². The van der Waals surface area contributed by atoms with E-state index < -0.39 is 40.1 Å². The lowest BCUT2D eigenvalue weighted by Crippen LogP contribution is -2.60. The molecule has 1 aliphatic rings. The molecule has 0 saturated carbocycles. The first-order valence-electron chi connectivity index (χ1n) is 12.8. The molecule has 0 aromatic heterocycles. The molecule has 0 spiro atoms. The van der Waals surface area contributed by atoms with Crippen LogP contribution in [0.3, 0.4) is 0 Å². The van der Waals surface area contributed by atoms with Gasteiger partial charge >= 0.3 is 0 Å². The number of rotatable bonds is 14. The van der Waals surface area contributed by atoms with Gasteiger partial charge in [0, 0.05) is 26.7 Å². The van der Waals surface area contributed by atoms with Crippen LogP contribution in [0.15, 0.2) is 35.3 Å². The molecule has 2 amide bonds. The van der Waals surface area contributed by atoms with Crippen molar-refractivity contribution in [1.82, 2.24) is 19.8 Å². The van der Waals surface area contributed by atoms with E-state index in [-0.39, 0.29) is 37.2 Å². The van der Waals surface area contributed by atoms with Crippen molar-refractivity contribution < 1.29 is 22.7 Å². The van der Waals surface area contributed by atoms with Crippen LogP contribution in [-0.4, -0.2) is 93.6 Å². The molecule has 14 nitrogen and oxygen atoms in total. The third-order valence-electron chi connectivity index (χ3n) is 6.08. The molecule has 15 heteroatoms. The molecule has 1 aromatic rings. The number of carbonyl (C=O) groups is 2. The molecule has 9 N–H and O–H groups in total. The number of likely N-dealkylation sites (N-methyl/N-ethyl adjacent to an activating group) is 1. The predicted octanol–water partition coefficient (Wildman–Crippen LogP) is -1.18. The second-order valence-electron chi connectivity index (χ2n) is 9.30. The smallest absolute Gasteiger partial charge is 0.240 e. The number of nitrogens with two attached hydrogens (primary N) is 3. The molecule has 3 unspecified atom stereocenters. The van der Waals surface area contributed by atoms with Crippen LogP contribution in [0.5, 0.6) is 0 Å². The first kappa shape index (κ1) is 31.8. The van der Waals surface area contributed by atoms with Crippen molar-refractivity contribution >= 4 is 33.8 Å². The summed E-state index contributed by atoms with van der Waals surface area (Å²) in [7, 11) is -2.45. The summed E-state index contributed by atoms with van der Waals surface area (Å²) in [4.78, 5) is 32.8. The van der Waals surface area contributed by atoms with Gasteiger partial charge in [-0.3, -0.25) is 20.0 Å². The highest BCUT2D eigenvalue weighted by Crippen LogP contribution is 2.19. The maximum Gasteiger partial charge on any atom is 0.240 e. The Bertz CT molecular complexity index is 1100. The lowest BCUT2D eigenvalue weighted by molar-refractivity contribution is -0.137. The van der Waals surface area contributed by atoms with Gasteiger partial charge in [0.15, 0.2) is 18.1 Å². The zero-order chi connectivity index (χ0) is 29.0. The summed E-state index contributed by atoms with van der Waals surface area (Å²) in [5.74, 6) is -1.57. The second kappa shape index (κ2) is 15.2. The maximum atomic E-state index is 13.3. The number of piperidine rings is 1. The first-order valence-corrected chi connectivity index (χ1v) is 14.4. The number of ether oxygens (including phenoxy) is 1. The van der Waals surface area contributed by atoms with E-state index in [1.165, 1.54) is 11.9 Å². The molecular formula is C24H41N9O5S. The van der Waals surface area contributed by atoms with Gasteiger partial charge in [-0.1, -0.05) is 30.3 Å². The molecule has 3 atom stereocenters. The van der Waals surface area contributed by atoms with Gasteiger partial charge in [0.1, 0.15) is 6.04 Å². The maximum absolute atomic E-state index is 13.3. The number of nitrogens with zero attached hydrogens (tertiary/aromatic N) is 3. The van der Waals surface area contributed by atoms with Crippen LogP contribution in [0.4, 0.5) is 0 Å². The Labute approximate surface area is 229 Å². The number of amides is 2. The largest absolute Gasteiger partial charge is 0.370 e. The van der Waals surface area contributed by atoms with Crippen molar-refractivity contribution in [2.24, 2.45) is 22.2 Å². The fraction of sp³-hybridized carbons (Fsp3) is 0.583. The Balaban J connectivity index is 2.08. The summed E-state index contributed by atoms with van der Waals surface area (Å²) < 4.78 is 34.0. The number of likely N-dealkylation sites (tertiary alicyclic amines) is 1. The van der Waals surface area contributed by atoms with Gasteiger partial charge < -0.3 is 37.1 Å². The number of nitrogens with one attached hydrogen (secondary N) is 3. The molecule has 1 heterocycles.